The minimum absolute atomic E-state index is 0.128. The first-order valence-corrected chi connectivity index (χ1v) is 9.95. The van der Waals surface area contributed by atoms with Crippen molar-refractivity contribution in [1.29, 1.82) is 0 Å². The lowest BCUT2D eigenvalue weighted by molar-refractivity contribution is 0.108. The van der Waals surface area contributed by atoms with E-state index in [0.29, 0.717) is 18.9 Å². The maximum Gasteiger partial charge on any atom is 0.133 e. The minimum atomic E-state index is -0.169. The number of nitrogens with zero attached hydrogens (tertiary/aromatic N) is 4. The molecule has 0 spiro atoms. The third kappa shape index (κ3) is 5.81. The molecule has 6 nitrogen and oxygen atoms in total. The van der Waals surface area contributed by atoms with Crippen LogP contribution in [0.2, 0.25) is 0 Å². The Hall–Kier alpha value is -3.90. The van der Waals surface area contributed by atoms with E-state index in [4.69, 9.17) is 4.74 Å². The molecule has 1 aromatic carbocycles. The van der Waals surface area contributed by atoms with Crippen LogP contribution in [0.25, 0.3) is 11.4 Å². The zero-order valence-corrected chi connectivity index (χ0v) is 16.9. The van der Waals surface area contributed by atoms with Crippen molar-refractivity contribution in [3.63, 3.8) is 0 Å². The molecule has 0 aliphatic heterocycles. The standard InChI is InChI=1S/C25H22N4O2/c30-22-11-10-21(27-16-22)15-29-25(20-6-2-1-3-7-20)18-31-17-19-9-12-24(28-14-19)23-8-4-5-13-26-23/h1-16,25,30H,17-18H2/t25-/m0/s1. The molecular weight excluding hydrogens is 388 g/mol. The second-order valence-corrected chi connectivity index (χ2v) is 6.93. The predicted octanol–water partition coefficient (Wildman–Crippen LogP) is 4.62. The highest BCUT2D eigenvalue weighted by molar-refractivity contribution is 5.77. The van der Waals surface area contributed by atoms with Gasteiger partial charge in [-0.1, -0.05) is 42.5 Å². The van der Waals surface area contributed by atoms with Crippen molar-refractivity contribution < 1.29 is 9.84 Å². The van der Waals surface area contributed by atoms with Gasteiger partial charge in [0, 0.05) is 18.6 Å². The van der Waals surface area contributed by atoms with Gasteiger partial charge in [-0.2, -0.15) is 0 Å². The molecule has 0 saturated heterocycles. The minimum Gasteiger partial charge on any atom is -0.506 e. The summed E-state index contributed by atoms with van der Waals surface area (Å²) in [6.07, 6.45) is 6.66. The summed E-state index contributed by atoms with van der Waals surface area (Å²) in [6, 6.07) is 22.8. The first-order valence-electron chi connectivity index (χ1n) is 9.95. The summed E-state index contributed by atoms with van der Waals surface area (Å²) in [5, 5.41) is 9.38. The fraction of sp³-hybridized carbons (Fsp3) is 0.120. The van der Waals surface area contributed by atoms with Crippen LogP contribution in [0.4, 0.5) is 0 Å². The number of ether oxygens (including phenoxy) is 1. The fourth-order valence-electron chi connectivity index (χ4n) is 3.00. The molecule has 4 aromatic rings. The summed E-state index contributed by atoms with van der Waals surface area (Å²) in [4.78, 5) is 17.6. The second-order valence-electron chi connectivity index (χ2n) is 6.93. The number of pyridine rings is 3. The van der Waals surface area contributed by atoms with Crippen LogP contribution in [0.3, 0.4) is 0 Å². The molecule has 154 valence electrons. The molecule has 0 radical (unpaired) electrons. The number of hydrogen-bond acceptors (Lipinski definition) is 6. The maximum absolute atomic E-state index is 9.38. The Morgan fingerprint density at radius 2 is 1.68 bits per heavy atom. The number of hydrogen-bond donors (Lipinski definition) is 1. The summed E-state index contributed by atoms with van der Waals surface area (Å²) in [6.45, 7) is 0.854. The van der Waals surface area contributed by atoms with Gasteiger partial charge in [0.1, 0.15) is 5.75 Å². The third-order valence-electron chi connectivity index (χ3n) is 4.64. The SMILES string of the molecule is Oc1ccc(C=N[C@@H](COCc2ccc(-c3ccccn3)nc2)c2ccccc2)nc1. The Balaban J connectivity index is 1.40. The maximum atomic E-state index is 9.38. The lowest BCUT2D eigenvalue weighted by atomic mass is 10.1. The van der Waals surface area contributed by atoms with Crippen molar-refractivity contribution in [2.24, 2.45) is 4.99 Å². The van der Waals surface area contributed by atoms with Crippen molar-refractivity contribution >= 4 is 6.21 Å². The van der Waals surface area contributed by atoms with Gasteiger partial charge >= 0.3 is 0 Å². The van der Waals surface area contributed by atoms with Gasteiger partial charge in [0.25, 0.3) is 0 Å². The van der Waals surface area contributed by atoms with Crippen molar-refractivity contribution in [1.82, 2.24) is 15.0 Å². The molecular formula is C25H22N4O2. The molecule has 4 rings (SSSR count). The molecule has 0 aliphatic rings. The van der Waals surface area contributed by atoms with Gasteiger partial charge in [-0.15, -0.1) is 0 Å². The molecule has 1 N–H and O–H groups in total. The van der Waals surface area contributed by atoms with Crippen LogP contribution in [-0.4, -0.2) is 32.9 Å². The van der Waals surface area contributed by atoms with E-state index in [2.05, 4.69) is 19.9 Å². The molecule has 0 saturated carbocycles. The molecule has 3 heterocycles. The Bertz CT molecular complexity index is 1100. The van der Waals surface area contributed by atoms with E-state index in [1.807, 2.05) is 66.9 Å². The van der Waals surface area contributed by atoms with Crippen molar-refractivity contribution in [3.05, 3.63) is 108 Å². The largest absolute Gasteiger partial charge is 0.506 e. The highest BCUT2D eigenvalue weighted by Crippen LogP contribution is 2.19. The smallest absolute Gasteiger partial charge is 0.133 e. The molecule has 31 heavy (non-hydrogen) atoms. The van der Waals surface area contributed by atoms with E-state index in [1.54, 1.807) is 24.5 Å². The van der Waals surface area contributed by atoms with Crippen molar-refractivity contribution in [2.45, 2.75) is 12.6 Å². The van der Waals surface area contributed by atoms with Gasteiger partial charge in [0.05, 0.1) is 42.5 Å². The van der Waals surface area contributed by atoms with Gasteiger partial charge in [-0.3, -0.25) is 19.9 Å². The molecule has 1 atom stereocenters. The second kappa shape index (κ2) is 10.2. The van der Waals surface area contributed by atoms with Crippen LogP contribution in [-0.2, 0) is 11.3 Å². The van der Waals surface area contributed by atoms with E-state index < -0.39 is 0 Å². The molecule has 3 aromatic heterocycles. The quantitative estimate of drug-likeness (QED) is 0.429. The number of aromatic hydroxyl groups is 1. The van der Waals surface area contributed by atoms with Gasteiger partial charge in [0.2, 0.25) is 0 Å². The average molecular weight is 410 g/mol. The van der Waals surface area contributed by atoms with Crippen LogP contribution in [0.5, 0.6) is 5.75 Å². The van der Waals surface area contributed by atoms with Crippen molar-refractivity contribution in [3.8, 4) is 17.1 Å². The predicted molar refractivity (Wildman–Crippen MR) is 120 cm³/mol. The van der Waals surface area contributed by atoms with Gasteiger partial charge in [0.15, 0.2) is 0 Å². The van der Waals surface area contributed by atoms with Crippen molar-refractivity contribution in [2.75, 3.05) is 6.61 Å². The molecule has 0 aliphatic carbocycles. The van der Waals surface area contributed by atoms with Crippen LogP contribution in [0.1, 0.15) is 22.9 Å². The number of rotatable bonds is 8. The highest BCUT2D eigenvalue weighted by atomic mass is 16.5. The Kier molecular flexibility index (Phi) is 6.72. The van der Waals surface area contributed by atoms with Crippen LogP contribution < -0.4 is 0 Å². The average Bonchev–Trinajstić information content (AvgIpc) is 2.84. The first-order chi connectivity index (χ1) is 15.3. The summed E-state index contributed by atoms with van der Waals surface area (Å²) in [7, 11) is 0. The summed E-state index contributed by atoms with van der Waals surface area (Å²) in [5.41, 5.74) is 4.39. The monoisotopic (exact) mass is 410 g/mol. The Morgan fingerprint density at radius 3 is 2.39 bits per heavy atom. The van der Waals surface area contributed by atoms with E-state index >= 15 is 0 Å². The molecule has 6 heteroatoms. The normalized spacial score (nSPS) is 12.1. The lowest BCUT2D eigenvalue weighted by Gasteiger charge is -2.13. The Labute approximate surface area is 181 Å². The third-order valence-corrected chi connectivity index (χ3v) is 4.64. The molecule has 0 bridgehead atoms. The van der Waals surface area contributed by atoms with E-state index in [1.165, 1.54) is 6.20 Å². The number of aromatic nitrogens is 3. The zero-order chi connectivity index (χ0) is 21.3. The van der Waals surface area contributed by atoms with E-state index in [-0.39, 0.29) is 11.8 Å². The van der Waals surface area contributed by atoms with Crippen LogP contribution in [0, 0.1) is 0 Å². The highest BCUT2D eigenvalue weighted by Gasteiger charge is 2.10. The van der Waals surface area contributed by atoms with Gasteiger partial charge in [-0.05, 0) is 41.5 Å². The molecule has 0 fully saturated rings. The van der Waals surface area contributed by atoms with Gasteiger partial charge < -0.3 is 9.84 Å². The summed E-state index contributed by atoms with van der Waals surface area (Å²) in [5.74, 6) is 0.128. The van der Waals surface area contributed by atoms with E-state index in [0.717, 1.165) is 22.5 Å². The number of benzene rings is 1. The fourth-order valence-corrected chi connectivity index (χ4v) is 3.00. The number of aliphatic imine (C=N–C) groups is 1. The van der Waals surface area contributed by atoms with Gasteiger partial charge in [-0.25, -0.2) is 0 Å². The lowest BCUT2D eigenvalue weighted by Crippen LogP contribution is -2.07. The first kappa shape index (κ1) is 20.4. The molecule has 0 unspecified atom stereocenters. The Morgan fingerprint density at radius 1 is 0.839 bits per heavy atom. The van der Waals surface area contributed by atoms with Crippen LogP contribution >= 0.6 is 0 Å². The summed E-state index contributed by atoms with van der Waals surface area (Å²) < 4.78 is 5.96. The topological polar surface area (TPSA) is 80.5 Å². The summed E-state index contributed by atoms with van der Waals surface area (Å²) >= 11 is 0. The van der Waals surface area contributed by atoms with E-state index in [9.17, 15) is 5.11 Å². The molecule has 0 amide bonds. The van der Waals surface area contributed by atoms with Crippen LogP contribution in [0.15, 0.2) is 96.4 Å². The zero-order valence-electron chi connectivity index (χ0n) is 16.9.